The van der Waals surface area contributed by atoms with Crippen LogP contribution in [0.2, 0.25) is 0 Å². The van der Waals surface area contributed by atoms with E-state index in [0.717, 1.165) is 18.1 Å². The van der Waals surface area contributed by atoms with Crippen LogP contribution in [0.15, 0.2) is 17.1 Å². The molecule has 2 N–H and O–H groups in total. The zero-order chi connectivity index (χ0) is 14.5. The second-order valence-electron chi connectivity index (χ2n) is 4.58. The third-order valence-electron chi connectivity index (χ3n) is 3.14. The van der Waals surface area contributed by atoms with Crippen LogP contribution >= 0.6 is 24.0 Å². The molecule has 21 heavy (non-hydrogen) atoms. The molecule has 118 valence electrons. The van der Waals surface area contributed by atoms with Crippen LogP contribution in [0.5, 0.6) is 17.2 Å². The molecule has 1 aromatic rings. The first-order chi connectivity index (χ1) is 9.69. The number of halogens is 1. The molecule has 1 atom stereocenters. The summed E-state index contributed by atoms with van der Waals surface area (Å²) in [7, 11) is 4.82. The van der Waals surface area contributed by atoms with Crippen LogP contribution in [-0.2, 0) is 6.54 Å². The number of guanidine groups is 1. The Morgan fingerprint density at radius 1 is 1.19 bits per heavy atom. The number of ether oxygens (including phenoxy) is 3. The number of rotatable bonds is 5. The van der Waals surface area contributed by atoms with Crippen LogP contribution in [0.25, 0.3) is 0 Å². The van der Waals surface area contributed by atoms with E-state index in [-0.39, 0.29) is 24.0 Å². The Balaban J connectivity index is 0.00000220. The summed E-state index contributed by atoms with van der Waals surface area (Å²) >= 11 is 0. The highest BCUT2D eigenvalue weighted by atomic mass is 127. The van der Waals surface area contributed by atoms with E-state index < -0.39 is 0 Å². The van der Waals surface area contributed by atoms with Gasteiger partial charge in [0.25, 0.3) is 0 Å². The lowest BCUT2D eigenvalue weighted by Crippen LogP contribution is -2.37. The number of nitrogens with one attached hydrogen (secondary N) is 2. The molecule has 0 saturated heterocycles. The van der Waals surface area contributed by atoms with Crippen molar-refractivity contribution in [3.63, 3.8) is 0 Å². The largest absolute Gasteiger partial charge is 0.493 e. The Morgan fingerprint density at radius 3 is 2.43 bits per heavy atom. The average Bonchev–Trinajstić information content (AvgIpc) is 2.89. The van der Waals surface area contributed by atoms with Crippen molar-refractivity contribution in [2.24, 2.45) is 4.99 Å². The third kappa shape index (κ3) is 4.05. The van der Waals surface area contributed by atoms with E-state index in [0.29, 0.717) is 29.8 Å². The number of benzene rings is 1. The molecule has 0 fully saturated rings. The molecule has 2 rings (SSSR count). The fourth-order valence-corrected chi connectivity index (χ4v) is 2.14. The Kier molecular flexibility index (Phi) is 6.86. The van der Waals surface area contributed by atoms with E-state index >= 15 is 0 Å². The predicted octanol–water partition coefficient (Wildman–Crippen LogP) is 1.77. The van der Waals surface area contributed by atoms with Gasteiger partial charge in [0.2, 0.25) is 5.75 Å². The molecule has 1 unspecified atom stereocenters. The van der Waals surface area contributed by atoms with E-state index in [2.05, 4.69) is 22.5 Å². The minimum atomic E-state index is 0. The molecule has 1 aliphatic heterocycles. The highest BCUT2D eigenvalue weighted by Crippen LogP contribution is 2.39. The Morgan fingerprint density at radius 2 is 1.90 bits per heavy atom. The first-order valence-electron chi connectivity index (χ1n) is 6.52. The zero-order valence-electron chi connectivity index (χ0n) is 12.7. The maximum absolute atomic E-state index is 5.44. The molecule has 1 aliphatic rings. The summed E-state index contributed by atoms with van der Waals surface area (Å²) < 4.78 is 16.1. The van der Waals surface area contributed by atoms with Gasteiger partial charge in [0, 0.05) is 18.2 Å². The predicted molar refractivity (Wildman–Crippen MR) is 93.3 cm³/mol. The van der Waals surface area contributed by atoms with Gasteiger partial charge in [-0.05, 0) is 19.1 Å². The standard InChI is InChI=1S/C14H21N3O3.HI/c1-9-7-15-14(17-9)16-8-10-5-6-11(18-2)13(20-4)12(10)19-3;/h5-6,9H,7-8H2,1-4H3,(H2,15,16,17);1H. The lowest BCUT2D eigenvalue weighted by molar-refractivity contribution is 0.322. The van der Waals surface area contributed by atoms with E-state index in [1.165, 1.54) is 0 Å². The third-order valence-corrected chi connectivity index (χ3v) is 3.14. The zero-order valence-corrected chi connectivity index (χ0v) is 15.1. The molecule has 0 bridgehead atoms. The van der Waals surface area contributed by atoms with Gasteiger partial charge in [-0.15, -0.1) is 24.0 Å². The van der Waals surface area contributed by atoms with Gasteiger partial charge >= 0.3 is 0 Å². The van der Waals surface area contributed by atoms with Crippen molar-refractivity contribution >= 4 is 29.9 Å². The van der Waals surface area contributed by atoms with Crippen molar-refractivity contribution in [3.05, 3.63) is 17.7 Å². The van der Waals surface area contributed by atoms with Crippen molar-refractivity contribution in [1.29, 1.82) is 0 Å². The summed E-state index contributed by atoms with van der Waals surface area (Å²) in [5.41, 5.74) is 0.981. The van der Waals surface area contributed by atoms with E-state index in [1.54, 1.807) is 21.3 Å². The SMILES string of the molecule is COc1ccc(CNC2=NCC(C)N2)c(OC)c1OC.I. The van der Waals surface area contributed by atoms with Gasteiger partial charge in [-0.3, -0.25) is 4.99 Å². The lowest BCUT2D eigenvalue weighted by atomic mass is 10.1. The minimum Gasteiger partial charge on any atom is -0.493 e. The fourth-order valence-electron chi connectivity index (χ4n) is 2.14. The normalized spacial score (nSPS) is 16.4. The molecule has 1 aromatic carbocycles. The van der Waals surface area contributed by atoms with Crippen molar-refractivity contribution in [2.75, 3.05) is 27.9 Å². The van der Waals surface area contributed by atoms with Gasteiger partial charge in [0.1, 0.15) is 0 Å². The van der Waals surface area contributed by atoms with Crippen LogP contribution in [0, 0.1) is 0 Å². The van der Waals surface area contributed by atoms with Gasteiger partial charge < -0.3 is 24.8 Å². The average molecular weight is 407 g/mol. The molecule has 0 saturated carbocycles. The van der Waals surface area contributed by atoms with Crippen molar-refractivity contribution in [1.82, 2.24) is 10.6 Å². The van der Waals surface area contributed by atoms with Gasteiger partial charge in [0.05, 0.1) is 27.9 Å². The lowest BCUT2D eigenvalue weighted by Gasteiger charge is -2.16. The molecule has 0 amide bonds. The smallest absolute Gasteiger partial charge is 0.203 e. The molecule has 0 radical (unpaired) electrons. The number of methoxy groups -OCH3 is 3. The van der Waals surface area contributed by atoms with Crippen LogP contribution in [-0.4, -0.2) is 39.9 Å². The summed E-state index contributed by atoms with van der Waals surface area (Å²) in [4.78, 5) is 4.36. The molecule has 0 aliphatic carbocycles. The molecular formula is C14H22IN3O3. The number of aliphatic imine (C=N–C) groups is 1. The summed E-state index contributed by atoms with van der Waals surface area (Å²) in [5.74, 6) is 2.74. The quantitative estimate of drug-likeness (QED) is 0.729. The van der Waals surface area contributed by atoms with Crippen molar-refractivity contribution in [3.8, 4) is 17.2 Å². The van der Waals surface area contributed by atoms with Gasteiger partial charge in [0.15, 0.2) is 17.5 Å². The first-order valence-corrected chi connectivity index (χ1v) is 6.52. The fraction of sp³-hybridized carbons (Fsp3) is 0.500. The first kappa shape index (κ1) is 17.7. The molecule has 0 spiro atoms. The maximum atomic E-state index is 5.44. The van der Waals surface area contributed by atoms with Crippen LogP contribution in [0.1, 0.15) is 12.5 Å². The Labute approximate surface area is 142 Å². The highest BCUT2D eigenvalue weighted by Gasteiger charge is 2.17. The summed E-state index contributed by atoms with van der Waals surface area (Å²) in [5, 5.41) is 6.51. The molecule has 0 aromatic heterocycles. The summed E-state index contributed by atoms with van der Waals surface area (Å²) in [6.07, 6.45) is 0. The number of hydrogen-bond donors (Lipinski definition) is 2. The van der Waals surface area contributed by atoms with Crippen molar-refractivity contribution in [2.45, 2.75) is 19.5 Å². The maximum Gasteiger partial charge on any atom is 0.203 e. The number of nitrogens with zero attached hydrogens (tertiary/aromatic N) is 1. The van der Waals surface area contributed by atoms with E-state index in [4.69, 9.17) is 14.2 Å². The summed E-state index contributed by atoms with van der Waals surface area (Å²) in [6.45, 7) is 3.49. The summed E-state index contributed by atoms with van der Waals surface area (Å²) in [6, 6.07) is 4.20. The van der Waals surface area contributed by atoms with Gasteiger partial charge in [-0.1, -0.05) is 0 Å². The van der Waals surface area contributed by atoms with Crippen LogP contribution < -0.4 is 24.8 Å². The topological polar surface area (TPSA) is 64.1 Å². The van der Waals surface area contributed by atoms with Crippen molar-refractivity contribution < 1.29 is 14.2 Å². The Bertz CT molecular complexity index is 508. The second-order valence-corrected chi connectivity index (χ2v) is 4.58. The molecular weight excluding hydrogens is 385 g/mol. The molecule has 1 heterocycles. The molecule has 6 nitrogen and oxygen atoms in total. The van der Waals surface area contributed by atoms with Gasteiger partial charge in [-0.25, -0.2) is 0 Å². The Hall–Kier alpha value is -1.38. The highest BCUT2D eigenvalue weighted by molar-refractivity contribution is 14.0. The van der Waals surface area contributed by atoms with Crippen LogP contribution in [0.3, 0.4) is 0 Å². The van der Waals surface area contributed by atoms with Gasteiger partial charge in [-0.2, -0.15) is 0 Å². The number of hydrogen-bond acceptors (Lipinski definition) is 6. The van der Waals surface area contributed by atoms with Crippen LogP contribution in [0.4, 0.5) is 0 Å². The van der Waals surface area contributed by atoms with E-state index in [9.17, 15) is 0 Å². The monoisotopic (exact) mass is 407 g/mol. The van der Waals surface area contributed by atoms with E-state index in [1.807, 2.05) is 12.1 Å². The molecule has 7 heteroatoms. The minimum absolute atomic E-state index is 0. The second kappa shape index (κ2) is 8.16.